The topological polar surface area (TPSA) is 140 Å². The van der Waals surface area contributed by atoms with Crippen LogP contribution in [-0.2, 0) is 20.8 Å². The van der Waals surface area contributed by atoms with Gasteiger partial charge < -0.3 is 15.8 Å². The second-order valence-corrected chi connectivity index (χ2v) is 10.1. The number of amides is 3. The number of benzene rings is 2. The van der Waals surface area contributed by atoms with Gasteiger partial charge in [0.25, 0.3) is 0 Å². The van der Waals surface area contributed by atoms with Crippen molar-refractivity contribution in [3.63, 3.8) is 0 Å². The normalized spacial score (nSPS) is 13.9. The summed E-state index contributed by atoms with van der Waals surface area (Å²) in [5, 5.41) is 27.7. The molecule has 3 amide bonds. The Morgan fingerprint density at radius 3 is 2.08 bits per heavy atom. The highest BCUT2D eigenvalue weighted by Gasteiger charge is 2.36. The number of carbonyl (C=O) groups is 3. The van der Waals surface area contributed by atoms with Gasteiger partial charge in [0, 0.05) is 30.5 Å². The Labute approximate surface area is 222 Å². The van der Waals surface area contributed by atoms with E-state index in [0.29, 0.717) is 24.3 Å². The maximum absolute atomic E-state index is 13.5. The van der Waals surface area contributed by atoms with Crippen LogP contribution in [0.2, 0.25) is 0 Å². The van der Waals surface area contributed by atoms with Crippen molar-refractivity contribution in [2.45, 2.75) is 32.7 Å². The number of likely N-dealkylation sites (N-methyl/N-ethyl adjacent to an activating group) is 1. The van der Waals surface area contributed by atoms with Crippen molar-refractivity contribution in [2.75, 3.05) is 18.6 Å². The lowest BCUT2D eigenvalue weighted by Crippen LogP contribution is -2.51. The van der Waals surface area contributed by atoms with Gasteiger partial charge in [0.05, 0.1) is 17.5 Å². The van der Waals surface area contributed by atoms with Crippen molar-refractivity contribution in [1.82, 2.24) is 16.1 Å². The Kier molecular flexibility index (Phi) is 12.7. The van der Waals surface area contributed by atoms with E-state index in [0.717, 1.165) is 11.1 Å². The molecule has 2 aromatic rings. The van der Waals surface area contributed by atoms with E-state index in [1.807, 2.05) is 74.5 Å². The van der Waals surface area contributed by atoms with Gasteiger partial charge in [-0.1, -0.05) is 79.7 Å². The third-order valence-corrected chi connectivity index (χ3v) is 6.99. The van der Waals surface area contributed by atoms with Gasteiger partial charge >= 0.3 is 0 Å². The minimum atomic E-state index is -0.879. The Bertz CT molecular complexity index is 1030. The van der Waals surface area contributed by atoms with Crippen molar-refractivity contribution in [1.29, 1.82) is 0 Å². The van der Waals surface area contributed by atoms with Crippen molar-refractivity contribution < 1.29 is 24.8 Å². The molecule has 0 unspecified atom stereocenters. The van der Waals surface area contributed by atoms with E-state index in [1.54, 1.807) is 5.48 Å². The molecule has 2 aromatic carbocycles. The summed E-state index contributed by atoms with van der Waals surface area (Å²) in [4.78, 5) is 38.8. The van der Waals surface area contributed by atoms with Crippen LogP contribution in [0.4, 0.5) is 0 Å². The number of hydrogen-bond acceptors (Lipinski definition) is 7. The first-order valence-electron chi connectivity index (χ1n) is 12.1. The first-order chi connectivity index (χ1) is 17.8. The van der Waals surface area contributed by atoms with E-state index >= 15 is 0 Å². The Hall–Kier alpha value is -3.37. The van der Waals surface area contributed by atoms with Crippen LogP contribution in [0.15, 0.2) is 65.8 Å². The minimum Gasteiger partial charge on any atom is -0.411 e. The standard InChI is InChI=1S/C27H36N4O5S/c1-18(2)14-21(25(32)29-23(27(34)28-3)15-19-10-6-4-7-11-19)22(26(33)31-36)16-37-17-24(30-35)20-12-8-5-9-13-20/h4-13,18,21-23,35-36H,14-17H2,1-3H3,(H,28,34)(H,29,32)(H,31,33)/b30-24-/t21-,22+,23+/m1/s1. The number of nitrogens with one attached hydrogen (secondary N) is 3. The van der Waals surface area contributed by atoms with Crippen LogP contribution >= 0.6 is 11.8 Å². The molecule has 0 saturated carbocycles. The highest BCUT2D eigenvalue weighted by molar-refractivity contribution is 8.00. The Morgan fingerprint density at radius 1 is 0.919 bits per heavy atom. The summed E-state index contributed by atoms with van der Waals surface area (Å²) < 4.78 is 0. The van der Waals surface area contributed by atoms with Gasteiger partial charge in [-0.2, -0.15) is 11.8 Å². The number of rotatable bonds is 14. The lowest BCUT2D eigenvalue weighted by Gasteiger charge is -2.28. The van der Waals surface area contributed by atoms with Crippen LogP contribution in [0.1, 0.15) is 31.4 Å². The minimum absolute atomic E-state index is 0.0706. The number of thioether (sulfide) groups is 1. The van der Waals surface area contributed by atoms with E-state index in [1.165, 1.54) is 18.8 Å². The lowest BCUT2D eigenvalue weighted by molar-refractivity contribution is -0.140. The smallest absolute Gasteiger partial charge is 0.248 e. The number of nitrogens with zero attached hydrogens (tertiary/aromatic N) is 1. The van der Waals surface area contributed by atoms with Crippen LogP contribution in [0.5, 0.6) is 0 Å². The van der Waals surface area contributed by atoms with E-state index in [2.05, 4.69) is 15.8 Å². The summed E-state index contributed by atoms with van der Waals surface area (Å²) in [6, 6.07) is 17.6. The second-order valence-electron chi connectivity index (χ2n) is 9.11. The zero-order chi connectivity index (χ0) is 27.2. The van der Waals surface area contributed by atoms with Gasteiger partial charge in [-0.15, -0.1) is 0 Å². The maximum atomic E-state index is 13.5. The number of hydrogen-bond donors (Lipinski definition) is 5. The zero-order valence-electron chi connectivity index (χ0n) is 21.4. The average Bonchev–Trinajstić information content (AvgIpc) is 2.91. The predicted octanol–water partition coefficient (Wildman–Crippen LogP) is 2.86. The molecule has 0 heterocycles. The molecule has 0 bridgehead atoms. The first kappa shape index (κ1) is 29.9. The summed E-state index contributed by atoms with van der Waals surface area (Å²) in [6.07, 6.45) is 0.662. The van der Waals surface area contributed by atoms with Crippen LogP contribution in [0.25, 0.3) is 0 Å². The monoisotopic (exact) mass is 528 g/mol. The van der Waals surface area contributed by atoms with Crippen molar-refractivity contribution >= 4 is 35.2 Å². The van der Waals surface area contributed by atoms with Gasteiger partial charge in [-0.05, 0) is 17.9 Å². The molecule has 9 nitrogen and oxygen atoms in total. The van der Waals surface area contributed by atoms with Crippen LogP contribution in [-0.4, -0.2) is 58.4 Å². The Balaban J connectivity index is 2.21. The van der Waals surface area contributed by atoms with Gasteiger partial charge in [0.15, 0.2) is 0 Å². The molecule has 0 spiro atoms. The van der Waals surface area contributed by atoms with Crippen LogP contribution in [0, 0.1) is 17.8 Å². The molecule has 200 valence electrons. The van der Waals surface area contributed by atoms with Gasteiger partial charge in [0.2, 0.25) is 17.7 Å². The summed E-state index contributed by atoms with van der Waals surface area (Å²) in [6.45, 7) is 3.88. The molecule has 0 aromatic heterocycles. The number of oxime groups is 1. The van der Waals surface area contributed by atoms with Crippen molar-refractivity contribution in [3.05, 3.63) is 71.8 Å². The van der Waals surface area contributed by atoms with E-state index in [9.17, 15) is 24.8 Å². The van der Waals surface area contributed by atoms with Gasteiger partial charge in [-0.25, -0.2) is 5.48 Å². The molecule has 0 aliphatic carbocycles. The average molecular weight is 529 g/mol. The number of carbonyl (C=O) groups excluding carboxylic acids is 3. The van der Waals surface area contributed by atoms with E-state index in [-0.39, 0.29) is 17.6 Å². The lowest BCUT2D eigenvalue weighted by atomic mass is 9.84. The fraction of sp³-hybridized carbons (Fsp3) is 0.407. The molecule has 0 aliphatic rings. The molecule has 5 N–H and O–H groups in total. The summed E-state index contributed by atoms with van der Waals surface area (Å²) in [5.41, 5.74) is 3.75. The molecular weight excluding hydrogens is 492 g/mol. The fourth-order valence-corrected chi connectivity index (χ4v) is 5.19. The predicted molar refractivity (Wildman–Crippen MR) is 145 cm³/mol. The van der Waals surface area contributed by atoms with E-state index in [4.69, 9.17) is 0 Å². The third kappa shape index (κ3) is 9.55. The molecule has 0 fully saturated rings. The summed E-state index contributed by atoms with van der Waals surface area (Å²) >= 11 is 1.32. The van der Waals surface area contributed by atoms with Gasteiger partial charge in [-0.3, -0.25) is 19.6 Å². The summed E-state index contributed by atoms with van der Waals surface area (Å²) in [5.74, 6) is -2.59. The molecule has 3 atom stereocenters. The fourth-order valence-electron chi connectivity index (χ4n) is 4.01. The molecule has 10 heteroatoms. The SMILES string of the molecule is CNC(=O)[C@H](Cc1ccccc1)NC(=O)[C@H](CC(C)C)[C@H](CSC/C(=N/O)c1ccccc1)C(=O)NO. The summed E-state index contributed by atoms with van der Waals surface area (Å²) in [7, 11) is 1.50. The highest BCUT2D eigenvalue weighted by Crippen LogP contribution is 2.26. The molecule has 0 saturated heterocycles. The Morgan fingerprint density at radius 2 is 1.54 bits per heavy atom. The quantitative estimate of drug-likeness (QED) is 0.111. The molecule has 37 heavy (non-hydrogen) atoms. The number of hydroxylamine groups is 1. The third-order valence-electron chi connectivity index (χ3n) is 5.92. The van der Waals surface area contributed by atoms with Crippen molar-refractivity contribution in [3.8, 4) is 0 Å². The molecular formula is C27H36N4O5S. The van der Waals surface area contributed by atoms with E-state index < -0.39 is 29.7 Å². The maximum Gasteiger partial charge on any atom is 0.248 e. The van der Waals surface area contributed by atoms with Crippen molar-refractivity contribution in [2.24, 2.45) is 22.9 Å². The highest BCUT2D eigenvalue weighted by atomic mass is 32.2. The first-order valence-corrected chi connectivity index (χ1v) is 13.3. The largest absolute Gasteiger partial charge is 0.411 e. The molecule has 0 radical (unpaired) electrons. The second kappa shape index (κ2) is 15.7. The molecule has 2 rings (SSSR count). The molecule has 0 aliphatic heterocycles. The van der Waals surface area contributed by atoms with Crippen LogP contribution < -0.4 is 16.1 Å². The van der Waals surface area contributed by atoms with Gasteiger partial charge in [0.1, 0.15) is 6.04 Å². The zero-order valence-corrected chi connectivity index (χ0v) is 22.2. The van der Waals surface area contributed by atoms with Crippen LogP contribution in [0.3, 0.4) is 0 Å².